The summed E-state index contributed by atoms with van der Waals surface area (Å²) in [5.41, 5.74) is 11.2. The minimum Gasteiger partial charge on any atom is -0.436 e. The summed E-state index contributed by atoms with van der Waals surface area (Å²) >= 11 is 0. The Kier molecular flexibility index (Phi) is 4.80. The molecule has 0 bridgehead atoms. The molecule has 6 aromatic rings. The summed E-state index contributed by atoms with van der Waals surface area (Å²) in [5.74, 6) is 0.635. The van der Waals surface area contributed by atoms with Crippen molar-refractivity contribution in [1.29, 1.82) is 0 Å². The highest BCUT2D eigenvalue weighted by molar-refractivity contribution is 5.88. The lowest BCUT2D eigenvalue weighted by Crippen LogP contribution is -2.16. The number of para-hydroxylation sites is 1. The third kappa shape index (κ3) is 3.47. The molecular formula is C34H26N2O. The monoisotopic (exact) mass is 478 g/mol. The van der Waals surface area contributed by atoms with Gasteiger partial charge in [0.05, 0.1) is 0 Å². The molecule has 1 heterocycles. The van der Waals surface area contributed by atoms with E-state index >= 15 is 0 Å². The van der Waals surface area contributed by atoms with Crippen molar-refractivity contribution in [3.63, 3.8) is 0 Å². The summed E-state index contributed by atoms with van der Waals surface area (Å²) in [6, 6.07) is 42.4. The van der Waals surface area contributed by atoms with Crippen LogP contribution in [-0.4, -0.2) is 4.98 Å². The number of hydrogen-bond acceptors (Lipinski definition) is 3. The Labute approximate surface area is 216 Å². The van der Waals surface area contributed by atoms with Gasteiger partial charge in [-0.25, -0.2) is 4.98 Å². The molecule has 1 aliphatic rings. The first-order valence-electron chi connectivity index (χ1n) is 12.7. The fourth-order valence-electron chi connectivity index (χ4n) is 5.61. The summed E-state index contributed by atoms with van der Waals surface area (Å²) in [7, 11) is 0. The predicted octanol–water partition coefficient (Wildman–Crippen LogP) is 9.27. The molecular weight excluding hydrogens is 452 g/mol. The quantitative estimate of drug-likeness (QED) is 0.253. The van der Waals surface area contributed by atoms with Gasteiger partial charge in [0.2, 0.25) is 5.89 Å². The Morgan fingerprint density at radius 3 is 2.05 bits per heavy atom. The first-order valence-corrected chi connectivity index (χ1v) is 12.7. The molecule has 0 saturated heterocycles. The van der Waals surface area contributed by atoms with E-state index in [9.17, 15) is 0 Å². The van der Waals surface area contributed by atoms with Gasteiger partial charge in [0.1, 0.15) is 5.52 Å². The highest BCUT2D eigenvalue weighted by Crippen LogP contribution is 2.50. The van der Waals surface area contributed by atoms with Gasteiger partial charge in [-0.3, -0.25) is 0 Å². The number of nitrogens with zero attached hydrogens (tertiary/aromatic N) is 2. The highest BCUT2D eigenvalue weighted by Gasteiger charge is 2.35. The number of rotatable bonds is 4. The van der Waals surface area contributed by atoms with E-state index in [0.717, 1.165) is 33.7 Å². The molecule has 5 aromatic carbocycles. The fraction of sp³-hybridized carbons (Fsp3) is 0.0882. The fourth-order valence-corrected chi connectivity index (χ4v) is 5.61. The summed E-state index contributed by atoms with van der Waals surface area (Å²) in [5, 5.41) is 0. The van der Waals surface area contributed by atoms with Crippen LogP contribution in [0.4, 0.5) is 17.1 Å². The molecule has 1 aliphatic carbocycles. The minimum absolute atomic E-state index is 0.0645. The van der Waals surface area contributed by atoms with E-state index in [1.165, 1.54) is 22.3 Å². The second-order valence-corrected chi connectivity index (χ2v) is 10.1. The number of anilines is 3. The van der Waals surface area contributed by atoms with Crippen molar-refractivity contribution >= 4 is 28.2 Å². The third-order valence-corrected chi connectivity index (χ3v) is 7.49. The molecule has 7 rings (SSSR count). The Bertz CT molecular complexity index is 1750. The van der Waals surface area contributed by atoms with Crippen molar-refractivity contribution < 1.29 is 4.42 Å². The van der Waals surface area contributed by atoms with Gasteiger partial charge in [0.25, 0.3) is 0 Å². The van der Waals surface area contributed by atoms with Crippen LogP contribution >= 0.6 is 0 Å². The first kappa shape index (κ1) is 21.6. The van der Waals surface area contributed by atoms with E-state index in [4.69, 9.17) is 9.40 Å². The first-order chi connectivity index (χ1) is 18.1. The van der Waals surface area contributed by atoms with Gasteiger partial charge in [-0.05, 0) is 76.9 Å². The summed E-state index contributed by atoms with van der Waals surface area (Å²) in [4.78, 5) is 7.13. The van der Waals surface area contributed by atoms with E-state index in [-0.39, 0.29) is 5.41 Å². The van der Waals surface area contributed by atoms with Crippen LogP contribution in [0.5, 0.6) is 0 Å². The Morgan fingerprint density at radius 2 is 1.24 bits per heavy atom. The van der Waals surface area contributed by atoms with Crippen LogP contribution in [0.2, 0.25) is 0 Å². The topological polar surface area (TPSA) is 29.3 Å². The number of hydrogen-bond donors (Lipinski definition) is 0. The largest absolute Gasteiger partial charge is 0.436 e. The van der Waals surface area contributed by atoms with E-state index in [1.807, 2.05) is 36.4 Å². The second-order valence-electron chi connectivity index (χ2n) is 10.1. The lowest BCUT2D eigenvalue weighted by atomic mass is 9.82. The molecule has 0 unspecified atom stereocenters. The van der Waals surface area contributed by atoms with Gasteiger partial charge in [0.15, 0.2) is 5.58 Å². The number of oxazole rings is 1. The molecule has 178 valence electrons. The Morgan fingerprint density at radius 1 is 0.595 bits per heavy atom. The van der Waals surface area contributed by atoms with Gasteiger partial charge >= 0.3 is 0 Å². The summed E-state index contributed by atoms with van der Waals surface area (Å²) < 4.78 is 6.09. The predicted molar refractivity (Wildman–Crippen MR) is 152 cm³/mol. The maximum Gasteiger partial charge on any atom is 0.227 e. The van der Waals surface area contributed by atoms with E-state index in [2.05, 4.69) is 104 Å². The van der Waals surface area contributed by atoms with Crippen molar-refractivity contribution in [3.05, 3.63) is 132 Å². The zero-order valence-electron chi connectivity index (χ0n) is 20.8. The normalized spacial score (nSPS) is 13.4. The average Bonchev–Trinajstić information content (AvgIpc) is 3.47. The van der Waals surface area contributed by atoms with Crippen LogP contribution in [0.3, 0.4) is 0 Å². The molecule has 0 aliphatic heterocycles. The van der Waals surface area contributed by atoms with E-state index in [0.29, 0.717) is 5.89 Å². The van der Waals surface area contributed by atoms with E-state index < -0.39 is 0 Å². The summed E-state index contributed by atoms with van der Waals surface area (Å²) in [6.45, 7) is 4.64. The third-order valence-electron chi connectivity index (χ3n) is 7.49. The van der Waals surface area contributed by atoms with Crippen LogP contribution in [0, 0.1) is 0 Å². The molecule has 0 amide bonds. The Balaban J connectivity index is 1.38. The number of fused-ring (bicyclic) bond motifs is 4. The molecule has 37 heavy (non-hydrogen) atoms. The molecule has 0 atom stereocenters. The second kappa shape index (κ2) is 8.21. The zero-order chi connectivity index (χ0) is 25.0. The molecule has 0 fully saturated rings. The Hall–Kier alpha value is -4.63. The number of aromatic nitrogens is 1. The van der Waals surface area contributed by atoms with Crippen molar-refractivity contribution in [2.75, 3.05) is 4.90 Å². The van der Waals surface area contributed by atoms with Gasteiger partial charge in [-0.2, -0.15) is 0 Å². The van der Waals surface area contributed by atoms with Crippen molar-refractivity contribution in [2.24, 2.45) is 0 Å². The lowest BCUT2D eigenvalue weighted by Gasteiger charge is -2.28. The maximum atomic E-state index is 6.09. The van der Waals surface area contributed by atoms with Crippen LogP contribution in [0.25, 0.3) is 33.7 Å². The smallest absolute Gasteiger partial charge is 0.227 e. The minimum atomic E-state index is -0.0645. The molecule has 1 aromatic heterocycles. The van der Waals surface area contributed by atoms with Gasteiger partial charge in [-0.15, -0.1) is 0 Å². The summed E-state index contributed by atoms with van der Waals surface area (Å²) in [6.07, 6.45) is 0. The maximum absolute atomic E-state index is 6.09. The van der Waals surface area contributed by atoms with Gasteiger partial charge in [-0.1, -0.05) is 80.6 Å². The van der Waals surface area contributed by atoms with E-state index in [1.54, 1.807) is 0 Å². The van der Waals surface area contributed by atoms with Crippen molar-refractivity contribution in [3.8, 4) is 22.6 Å². The SMILES string of the molecule is CC1(C)c2ccccc2-c2ccc(N(c3ccccc3)c3ccc4oc(-c5ccccc5)nc4c3)cc21. The van der Waals surface area contributed by atoms with Crippen LogP contribution < -0.4 is 4.90 Å². The highest BCUT2D eigenvalue weighted by atomic mass is 16.3. The van der Waals surface area contributed by atoms with Crippen molar-refractivity contribution in [1.82, 2.24) is 4.98 Å². The number of benzene rings is 5. The van der Waals surface area contributed by atoms with Crippen molar-refractivity contribution in [2.45, 2.75) is 19.3 Å². The molecule has 0 N–H and O–H groups in total. The lowest BCUT2D eigenvalue weighted by molar-refractivity contribution is 0.620. The zero-order valence-corrected chi connectivity index (χ0v) is 20.8. The van der Waals surface area contributed by atoms with Crippen LogP contribution in [0.15, 0.2) is 126 Å². The van der Waals surface area contributed by atoms with Gasteiger partial charge in [0, 0.05) is 28.0 Å². The van der Waals surface area contributed by atoms with Crippen LogP contribution in [0.1, 0.15) is 25.0 Å². The molecule has 0 radical (unpaired) electrons. The average molecular weight is 479 g/mol. The molecule has 3 nitrogen and oxygen atoms in total. The molecule has 3 heteroatoms. The molecule has 0 saturated carbocycles. The molecule has 0 spiro atoms. The standard InChI is InChI=1S/C34H26N2O/c1-34(2)29-16-10-9-15-27(29)28-19-17-25(21-30(28)34)36(24-13-7-4-8-14-24)26-18-20-32-31(22-26)35-33(37-32)23-11-5-3-6-12-23/h3-22H,1-2H3. The van der Waals surface area contributed by atoms with Crippen LogP contribution in [-0.2, 0) is 5.41 Å². The van der Waals surface area contributed by atoms with Gasteiger partial charge < -0.3 is 9.32 Å².